The van der Waals surface area contributed by atoms with Gasteiger partial charge in [-0.3, -0.25) is 4.79 Å². The molecule has 3 atom stereocenters. The third kappa shape index (κ3) is 2.94. The standard InChI is InChI=1S/C15H22N2O3/c1-4-20-13-8-11(16)14(13)17-15(18)10-7-9(2)5-6-12(10)19-3/h5-7,11,13-14H,4,8,16H2,1-3H3,(H,17,18). The van der Waals surface area contributed by atoms with Crippen LogP contribution in [0.15, 0.2) is 18.2 Å². The Morgan fingerprint density at radius 2 is 2.25 bits per heavy atom. The van der Waals surface area contributed by atoms with E-state index in [0.717, 1.165) is 12.0 Å². The molecule has 0 heterocycles. The lowest BCUT2D eigenvalue weighted by Gasteiger charge is -2.42. The minimum Gasteiger partial charge on any atom is -0.496 e. The van der Waals surface area contributed by atoms with Gasteiger partial charge in [-0.25, -0.2) is 0 Å². The number of carbonyl (C=O) groups excluding carboxylic acids is 1. The monoisotopic (exact) mass is 278 g/mol. The third-order valence-corrected chi connectivity index (χ3v) is 3.64. The number of carbonyl (C=O) groups is 1. The van der Waals surface area contributed by atoms with Crippen LogP contribution in [-0.2, 0) is 4.74 Å². The normalized spacial score (nSPS) is 24.9. The van der Waals surface area contributed by atoms with Gasteiger partial charge in [0.05, 0.1) is 24.8 Å². The van der Waals surface area contributed by atoms with E-state index in [2.05, 4.69) is 5.32 Å². The molecule has 1 aliphatic carbocycles. The van der Waals surface area contributed by atoms with Crippen LogP contribution in [0.2, 0.25) is 0 Å². The summed E-state index contributed by atoms with van der Waals surface area (Å²) >= 11 is 0. The summed E-state index contributed by atoms with van der Waals surface area (Å²) in [5, 5.41) is 2.95. The van der Waals surface area contributed by atoms with Crippen molar-refractivity contribution >= 4 is 5.91 Å². The van der Waals surface area contributed by atoms with Gasteiger partial charge in [0.15, 0.2) is 0 Å². The molecule has 5 nitrogen and oxygen atoms in total. The van der Waals surface area contributed by atoms with Gasteiger partial charge in [-0.2, -0.15) is 0 Å². The molecule has 0 bridgehead atoms. The summed E-state index contributed by atoms with van der Waals surface area (Å²) in [4.78, 5) is 12.4. The van der Waals surface area contributed by atoms with Gasteiger partial charge in [0.2, 0.25) is 0 Å². The number of hydrogen-bond acceptors (Lipinski definition) is 4. The molecule has 1 aromatic carbocycles. The minimum atomic E-state index is -0.171. The van der Waals surface area contributed by atoms with Crippen molar-refractivity contribution in [3.8, 4) is 5.75 Å². The maximum absolute atomic E-state index is 12.4. The Balaban J connectivity index is 2.10. The lowest BCUT2D eigenvalue weighted by Crippen LogP contribution is -2.64. The highest BCUT2D eigenvalue weighted by atomic mass is 16.5. The molecule has 0 saturated heterocycles. The highest BCUT2D eigenvalue weighted by Crippen LogP contribution is 2.25. The summed E-state index contributed by atoms with van der Waals surface area (Å²) in [5.41, 5.74) is 7.48. The Morgan fingerprint density at radius 1 is 1.50 bits per heavy atom. The fourth-order valence-electron chi connectivity index (χ4n) is 2.46. The topological polar surface area (TPSA) is 73.6 Å². The Labute approximate surface area is 119 Å². The molecule has 0 aromatic heterocycles. The molecule has 1 amide bonds. The zero-order valence-corrected chi connectivity index (χ0v) is 12.2. The predicted molar refractivity (Wildman–Crippen MR) is 77.0 cm³/mol. The molecular weight excluding hydrogens is 256 g/mol. The zero-order chi connectivity index (χ0) is 14.7. The number of hydrogen-bond donors (Lipinski definition) is 2. The second-order valence-corrected chi connectivity index (χ2v) is 5.10. The first-order valence-electron chi connectivity index (χ1n) is 6.89. The number of amides is 1. The number of nitrogens with one attached hydrogen (secondary N) is 1. The van der Waals surface area contributed by atoms with E-state index in [0.29, 0.717) is 17.9 Å². The number of ether oxygens (including phenoxy) is 2. The molecule has 1 saturated carbocycles. The lowest BCUT2D eigenvalue weighted by molar-refractivity contribution is -0.0300. The smallest absolute Gasteiger partial charge is 0.255 e. The molecule has 20 heavy (non-hydrogen) atoms. The van der Waals surface area contributed by atoms with Gasteiger partial charge in [0, 0.05) is 12.6 Å². The molecule has 3 unspecified atom stereocenters. The SMILES string of the molecule is CCOC1CC(N)C1NC(=O)c1cc(C)ccc1OC. The first-order chi connectivity index (χ1) is 9.56. The summed E-state index contributed by atoms with van der Waals surface area (Å²) in [7, 11) is 1.56. The van der Waals surface area contributed by atoms with Gasteiger partial charge in [-0.05, 0) is 32.4 Å². The molecule has 3 N–H and O–H groups in total. The van der Waals surface area contributed by atoms with Crippen LogP contribution in [0.3, 0.4) is 0 Å². The second-order valence-electron chi connectivity index (χ2n) is 5.10. The van der Waals surface area contributed by atoms with Crippen molar-refractivity contribution < 1.29 is 14.3 Å². The van der Waals surface area contributed by atoms with Crippen molar-refractivity contribution in [1.29, 1.82) is 0 Å². The maximum Gasteiger partial charge on any atom is 0.255 e. The third-order valence-electron chi connectivity index (χ3n) is 3.64. The van der Waals surface area contributed by atoms with E-state index in [1.54, 1.807) is 13.2 Å². The Bertz CT molecular complexity index is 488. The van der Waals surface area contributed by atoms with E-state index >= 15 is 0 Å². The van der Waals surface area contributed by atoms with Gasteiger partial charge in [0.1, 0.15) is 5.75 Å². The molecule has 0 radical (unpaired) electrons. The molecule has 110 valence electrons. The first kappa shape index (κ1) is 14.8. The molecule has 0 spiro atoms. The summed E-state index contributed by atoms with van der Waals surface area (Å²) in [6.45, 7) is 4.50. The average molecular weight is 278 g/mol. The highest BCUT2D eigenvalue weighted by molar-refractivity contribution is 5.97. The average Bonchev–Trinajstić information content (AvgIpc) is 2.44. The largest absolute Gasteiger partial charge is 0.496 e. The molecule has 0 aliphatic heterocycles. The molecular formula is C15H22N2O3. The summed E-state index contributed by atoms with van der Waals surface area (Å²) in [6.07, 6.45) is 0.791. The number of aryl methyl sites for hydroxylation is 1. The van der Waals surface area contributed by atoms with Gasteiger partial charge < -0.3 is 20.5 Å². The summed E-state index contributed by atoms with van der Waals surface area (Å²) in [5.74, 6) is 0.393. The molecule has 1 aromatic rings. The van der Waals surface area contributed by atoms with Crippen molar-refractivity contribution in [2.45, 2.75) is 38.5 Å². The predicted octanol–water partition coefficient (Wildman–Crippen LogP) is 1.24. The van der Waals surface area contributed by atoms with Crippen LogP contribution in [0.1, 0.15) is 29.3 Å². The van der Waals surface area contributed by atoms with Crippen molar-refractivity contribution in [1.82, 2.24) is 5.32 Å². The van der Waals surface area contributed by atoms with Gasteiger partial charge in [-0.1, -0.05) is 11.6 Å². The Kier molecular flexibility index (Phi) is 4.62. The van der Waals surface area contributed by atoms with E-state index in [4.69, 9.17) is 15.2 Å². The van der Waals surface area contributed by atoms with Crippen LogP contribution in [0.25, 0.3) is 0 Å². The number of nitrogens with two attached hydrogens (primary N) is 1. The quantitative estimate of drug-likeness (QED) is 0.850. The van der Waals surface area contributed by atoms with Gasteiger partial charge in [0.25, 0.3) is 5.91 Å². The number of rotatable bonds is 5. The van der Waals surface area contributed by atoms with Crippen molar-refractivity contribution in [2.24, 2.45) is 5.73 Å². The fourth-order valence-corrected chi connectivity index (χ4v) is 2.46. The highest BCUT2D eigenvalue weighted by Gasteiger charge is 2.40. The summed E-state index contributed by atoms with van der Waals surface area (Å²) in [6, 6.07) is 5.34. The van der Waals surface area contributed by atoms with Crippen molar-refractivity contribution in [3.63, 3.8) is 0 Å². The Morgan fingerprint density at radius 3 is 2.85 bits per heavy atom. The van der Waals surface area contributed by atoms with Crippen molar-refractivity contribution in [3.05, 3.63) is 29.3 Å². The Hall–Kier alpha value is -1.59. The van der Waals surface area contributed by atoms with Crippen LogP contribution in [0.4, 0.5) is 0 Å². The summed E-state index contributed by atoms with van der Waals surface area (Å²) < 4.78 is 10.8. The molecule has 2 rings (SSSR count). The van der Waals surface area contributed by atoms with Crippen LogP contribution in [0.5, 0.6) is 5.75 Å². The van der Waals surface area contributed by atoms with Gasteiger partial charge in [-0.15, -0.1) is 0 Å². The first-order valence-corrected chi connectivity index (χ1v) is 6.89. The van der Waals surface area contributed by atoms with Gasteiger partial charge >= 0.3 is 0 Å². The minimum absolute atomic E-state index is 0.00903. The van der Waals surface area contributed by atoms with E-state index < -0.39 is 0 Å². The van der Waals surface area contributed by atoms with E-state index in [-0.39, 0.29) is 24.1 Å². The van der Waals surface area contributed by atoms with Crippen LogP contribution in [0, 0.1) is 6.92 Å². The van der Waals surface area contributed by atoms with Crippen LogP contribution in [-0.4, -0.2) is 37.8 Å². The molecule has 5 heteroatoms. The molecule has 1 fully saturated rings. The lowest BCUT2D eigenvalue weighted by atomic mass is 9.83. The van der Waals surface area contributed by atoms with Crippen molar-refractivity contribution in [2.75, 3.05) is 13.7 Å². The maximum atomic E-state index is 12.4. The fraction of sp³-hybridized carbons (Fsp3) is 0.533. The molecule has 1 aliphatic rings. The van der Waals surface area contributed by atoms with E-state index in [1.165, 1.54) is 0 Å². The van der Waals surface area contributed by atoms with Crippen LogP contribution >= 0.6 is 0 Å². The number of benzene rings is 1. The van der Waals surface area contributed by atoms with E-state index in [1.807, 2.05) is 26.0 Å². The van der Waals surface area contributed by atoms with Crippen LogP contribution < -0.4 is 15.8 Å². The number of methoxy groups -OCH3 is 1. The van der Waals surface area contributed by atoms with E-state index in [9.17, 15) is 4.79 Å². The second kappa shape index (κ2) is 6.24. The zero-order valence-electron chi connectivity index (χ0n) is 12.2.